The SMILES string of the molecule is CCOC(=O)c1c2n(c3cc(-c4ccc(NC)cc4)c(F)cc3c1=O)C(C)S2. The van der Waals surface area contributed by atoms with Crippen LogP contribution in [-0.2, 0) is 4.74 Å². The number of hydrogen-bond donors (Lipinski definition) is 1. The van der Waals surface area contributed by atoms with Crippen LogP contribution >= 0.6 is 11.8 Å². The summed E-state index contributed by atoms with van der Waals surface area (Å²) in [5.41, 5.74) is 2.17. The van der Waals surface area contributed by atoms with Gasteiger partial charge in [-0.2, -0.15) is 0 Å². The highest BCUT2D eigenvalue weighted by molar-refractivity contribution is 8.00. The number of halogens is 1. The van der Waals surface area contributed by atoms with Gasteiger partial charge < -0.3 is 14.6 Å². The molecule has 1 atom stereocenters. The number of aromatic nitrogens is 1. The number of nitrogens with zero attached hydrogens (tertiary/aromatic N) is 1. The molecule has 7 heteroatoms. The molecule has 1 aliphatic rings. The van der Waals surface area contributed by atoms with E-state index in [-0.39, 0.29) is 22.9 Å². The Kier molecular flexibility index (Phi) is 4.63. The van der Waals surface area contributed by atoms with Gasteiger partial charge in [0.15, 0.2) is 0 Å². The van der Waals surface area contributed by atoms with E-state index >= 15 is 0 Å². The summed E-state index contributed by atoms with van der Waals surface area (Å²) in [6.45, 7) is 3.83. The highest BCUT2D eigenvalue weighted by Crippen LogP contribution is 2.46. The number of thioether (sulfide) groups is 1. The highest BCUT2D eigenvalue weighted by Gasteiger charge is 2.33. The second-order valence-corrected chi connectivity index (χ2v) is 7.80. The summed E-state index contributed by atoms with van der Waals surface area (Å²) in [5, 5.41) is 3.83. The monoisotopic (exact) mass is 398 g/mol. The van der Waals surface area contributed by atoms with E-state index in [1.807, 2.05) is 42.8 Å². The Hall–Kier alpha value is -2.80. The van der Waals surface area contributed by atoms with E-state index in [2.05, 4.69) is 5.32 Å². The molecule has 2 aromatic carbocycles. The standard InChI is InChI=1S/C21H19FN2O3S/c1-4-27-21(26)18-19(25)15-9-16(22)14(12-5-7-13(23-3)8-6-12)10-17(15)24-11(2)28-20(18)24/h5-11,23H,4H2,1-3H3. The minimum Gasteiger partial charge on any atom is -0.462 e. The molecule has 0 spiro atoms. The van der Waals surface area contributed by atoms with Crippen LogP contribution in [0, 0.1) is 5.82 Å². The number of benzene rings is 2. The van der Waals surface area contributed by atoms with Gasteiger partial charge in [-0.1, -0.05) is 23.9 Å². The van der Waals surface area contributed by atoms with Crippen LogP contribution in [0.1, 0.15) is 29.6 Å². The molecule has 5 nitrogen and oxygen atoms in total. The number of esters is 1. The number of hydrogen-bond acceptors (Lipinski definition) is 5. The lowest BCUT2D eigenvalue weighted by molar-refractivity contribution is 0.0518. The number of fused-ring (bicyclic) bond motifs is 3. The second kappa shape index (κ2) is 6.98. The van der Waals surface area contributed by atoms with E-state index in [1.165, 1.54) is 17.8 Å². The van der Waals surface area contributed by atoms with Crippen molar-refractivity contribution in [1.29, 1.82) is 0 Å². The molecule has 1 unspecified atom stereocenters. The number of pyridine rings is 1. The minimum atomic E-state index is -0.662. The third-order valence-corrected chi connectivity index (χ3v) is 6.04. The summed E-state index contributed by atoms with van der Waals surface area (Å²) >= 11 is 1.43. The maximum atomic E-state index is 14.9. The molecule has 0 radical (unpaired) electrons. The summed E-state index contributed by atoms with van der Waals surface area (Å²) < 4.78 is 21.9. The lowest BCUT2D eigenvalue weighted by Gasteiger charge is -2.33. The van der Waals surface area contributed by atoms with Crippen molar-refractivity contribution in [3.63, 3.8) is 0 Å². The van der Waals surface area contributed by atoms with E-state index in [9.17, 15) is 14.0 Å². The molecule has 0 amide bonds. The summed E-state index contributed by atoms with van der Waals surface area (Å²) in [6, 6.07) is 10.3. The maximum Gasteiger partial charge on any atom is 0.344 e. The van der Waals surface area contributed by atoms with Gasteiger partial charge in [-0.05, 0) is 43.7 Å². The molecule has 1 N–H and O–H groups in total. The Balaban J connectivity index is 1.96. The van der Waals surface area contributed by atoms with Crippen molar-refractivity contribution in [2.24, 2.45) is 0 Å². The fourth-order valence-electron chi connectivity index (χ4n) is 3.47. The predicted molar refractivity (Wildman–Crippen MR) is 110 cm³/mol. The summed E-state index contributed by atoms with van der Waals surface area (Å²) in [5.74, 6) is -1.17. The van der Waals surface area contributed by atoms with Crippen molar-refractivity contribution in [2.45, 2.75) is 24.2 Å². The molecular formula is C21H19FN2O3S. The van der Waals surface area contributed by atoms with E-state index < -0.39 is 17.2 Å². The molecule has 2 heterocycles. The number of rotatable bonds is 4. The third-order valence-electron chi connectivity index (χ3n) is 4.86. The Bertz CT molecular complexity index is 1160. The van der Waals surface area contributed by atoms with Crippen LogP contribution in [0.3, 0.4) is 0 Å². The van der Waals surface area contributed by atoms with Gasteiger partial charge in [-0.3, -0.25) is 4.79 Å². The van der Waals surface area contributed by atoms with Crippen molar-refractivity contribution in [2.75, 3.05) is 19.0 Å². The van der Waals surface area contributed by atoms with Crippen LogP contribution in [0.2, 0.25) is 0 Å². The summed E-state index contributed by atoms with van der Waals surface area (Å²) in [4.78, 5) is 25.2. The molecule has 0 fully saturated rings. The molecule has 0 saturated heterocycles. The average molecular weight is 398 g/mol. The largest absolute Gasteiger partial charge is 0.462 e. The molecule has 144 valence electrons. The van der Waals surface area contributed by atoms with Crippen molar-refractivity contribution in [3.8, 4) is 11.1 Å². The van der Waals surface area contributed by atoms with Gasteiger partial charge in [0.05, 0.1) is 22.5 Å². The van der Waals surface area contributed by atoms with E-state index in [0.29, 0.717) is 21.7 Å². The smallest absolute Gasteiger partial charge is 0.344 e. The van der Waals surface area contributed by atoms with Crippen LogP contribution in [0.25, 0.3) is 22.0 Å². The van der Waals surface area contributed by atoms with Crippen LogP contribution in [0.4, 0.5) is 10.1 Å². The van der Waals surface area contributed by atoms with E-state index in [4.69, 9.17) is 4.74 Å². The van der Waals surface area contributed by atoms with Crippen molar-refractivity contribution < 1.29 is 13.9 Å². The Labute approximate surface area is 165 Å². The molecule has 3 aromatic rings. The fraction of sp³-hybridized carbons (Fsp3) is 0.238. The predicted octanol–water partition coefficient (Wildman–Crippen LogP) is 4.65. The first kappa shape index (κ1) is 18.6. The van der Waals surface area contributed by atoms with Gasteiger partial charge in [-0.15, -0.1) is 0 Å². The van der Waals surface area contributed by atoms with Crippen molar-refractivity contribution in [3.05, 3.63) is 58.0 Å². The molecule has 0 bridgehead atoms. The molecule has 0 aliphatic carbocycles. The van der Waals surface area contributed by atoms with E-state index in [0.717, 1.165) is 5.69 Å². The lowest BCUT2D eigenvalue weighted by atomic mass is 10.0. The van der Waals surface area contributed by atoms with Gasteiger partial charge >= 0.3 is 5.97 Å². The van der Waals surface area contributed by atoms with Gasteiger partial charge in [-0.25, -0.2) is 9.18 Å². The molecule has 4 rings (SSSR count). The third kappa shape index (κ3) is 2.77. The van der Waals surface area contributed by atoms with Crippen molar-refractivity contribution >= 4 is 34.3 Å². The maximum absolute atomic E-state index is 14.9. The lowest BCUT2D eigenvalue weighted by Crippen LogP contribution is -2.29. The molecule has 1 aromatic heterocycles. The van der Waals surface area contributed by atoms with Crippen LogP contribution in [0.15, 0.2) is 46.2 Å². The number of carbonyl (C=O) groups excluding carboxylic acids is 1. The zero-order valence-corrected chi connectivity index (χ0v) is 16.5. The topological polar surface area (TPSA) is 60.3 Å². The molecular weight excluding hydrogens is 379 g/mol. The Morgan fingerprint density at radius 1 is 1.29 bits per heavy atom. The van der Waals surface area contributed by atoms with E-state index in [1.54, 1.807) is 13.0 Å². The first-order valence-corrected chi connectivity index (χ1v) is 9.88. The highest BCUT2D eigenvalue weighted by atomic mass is 32.2. The fourth-order valence-corrected chi connectivity index (χ4v) is 4.62. The van der Waals surface area contributed by atoms with Crippen LogP contribution in [-0.4, -0.2) is 24.2 Å². The normalized spacial score (nSPS) is 15.1. The van der Waals surface area contributed by atoms with Gasteiger partial charge in [0.1, 0.15) is 11.4 Å². The first-order valence-electron chi connectivity index (χ1n) is 9.00. The Morgan fingerprint density at radius 2 is 2.00 bits per heavy atom. The number of carbonyl (C=O) groups is 1. The van der Waals surface area contributed by atoms with Gasteiger partial charge in [0.25, 0.3) is 0 Å². The molecule has 1 aliphatic heterocycles. The number of anilines is 1. The van der Waals surface area contributed by atoms with Crippen LogP contribution < -0.4 is 10.7 Å². The van der Waals surface area contributed by atoms with Gasteiger partial charge in [0, 0.05) is 23.7 Å². The van der Waals surface area contributed by atoms with Crippen LogP contribution in [0.5, 0.6) is 0 Å². The van der Waals surface area contributed by atoms with Gasteiger partial charge in [0.2, 0.25) is 5.43 Å². The molecule has 0 saturated carbocycles. The quantitative estimate of drug-likeness (QED) is 0.648. The summed E-state index contributed by atoms with van der Waals surface area (Å²) in [6.07, 6.45) is 0. The Morgan fingerprint density at radius 3 is 2.61 bits per heavy atom. The summed E-state index contributed by atoms with van der Waals surface area (Å²) in [7, 11) is 1.82. The zero-order chi connectivity index (χ0) is 20.0. The number of nitrogens with one attached hydrogen (secondary N) is 1. The first-order chi connectivity index (χ1) is 13.5. The number of ether oxygens (including phenoxy) is 1. The molecule has 28 heavy (non-hydrogen) atoms. The average Bonchev–Trinajstić information content (AvgIpc) is 2.68. The van der Waals surface area contributed by atoms with Crippen molar-refractivity contribution in [1.82, 2.24) is 4.57 Å². The minimum absolute atomic E-state index is 0.0111. The zero-order valence-electron chi connectivity index (χ0n) is 15.7. The second-order valence-electron chi connectivity index (χ2n) is 6.49.